The number of anilines is 1. The van der Waals surface area contributed by atoms with Crippen LogP contribution in [0.4, 0.5) is 11.4 Å². The minimum atomic E-state index is -0.379. The molecule has 1 aromatic rings. The quantitative estimate of drug-likeness (QED) is 0.621. The molecule has 1 fully saturated rings. The van der Waals surface area contributed by atoms with E-state index in [9.17, 15) is 10.1 Å². The van der Waals surface area contributed by atoms with Gasteiger partial charge in [0.1, 0.15) is 0 Å². The third kappa shape index (κ3) is 3.43. The molecule has 1 aliphatic heterocycles. The SMILES string of the molecule is CC(CC1CCCN1)Nc1ccc([N+](=O)[O-])cc1. The second-order valence-corrected chi connectivity index (χ2v) is 4.88. The Kier molecular flexibility index (Phi) is 4.15. The summed E-state index contributed by atoms with van der Waals surface area (Å²) in [6.45, 7) is 3.26. The second kappa shape index (κ2) is 5.82. The Balaban J connectivity index is 1.86. The predicted octanol–water partition coefficient (Wildman–Crippen LogP) is 2.54. The summed E-state index contributed by atoms with van der Waals surface area (Å²) in [6.07, 6.45) is 3.58. The average Bonchev–Trinajstić information content (AvgIpc) is 2.82. The van der Waals surface area contributed by atoms with Crippen molar-refractivity contribution in [3.05, 3.63) is 34.4 Å². The first kappa shape index (κ1) is 12.8. The van der Waals surface area contributed by atoms with Crippen molar-refractivity contribution >= 4 is 11.4 Å². The molecule has 0 amide bonds. The molecule has 0 radical (unpaired) electrons. The second-order valence-electron chi connectivity index (χ2n) is 4.88. The van der Waals surface area contributed by atoms with Gasteiger partial charge in [-0.2, -0.15) is 0 Å². The fourth-order valence-electron chi connectivity index (χ4n) is 2.41. The maximum Gasteiger partial charge on any atom is 0.269 e. The van der Waals surface area contributed by atoms with Crippen molar-refractivity contribution < 1.29 is 4.92 Å². The largest absolute Gasteiger partial charge is 0.383 e. The molecule has 0 saturated carbocycles. The molecule has 2 atom stereocenters. The lowest BCUT2D eigenvalue weighted by atomic mass is 10.1. The summed E-state index contributed by atoms with van der Waals surface area (Å²) >= 11 is 0. The molecule has 0 spiro atoms. The first-order valence-corrected chi connectivity index (χ1v) is 6.39. The van der Waals surface area contributed by atoms with E-state index in [1.807, 2.05) is 0 Å². The van der Waals surface area contributed by atoms with E-state index in [2.05, 4.69) is 17.6 Å². The molecule has 2 unspecified atom stereocenters. The van der Waals surface area contributed by atoms with Gasteiger partial charge in [-0.05, 0) is 44.9 Å². The lowest BCUT2D eigenvalue weighted by molar-refractivity contribution is -0.384. The number of benzene rings is 1. The molecule has 1 aliphatic rings. The van der Waals surface area contributed by atoms with E-state index in [4.69, 9.17) is 0 Å². The molecular formula is C13H19N3O2. The minimum absolute atomic E-state index is 0.130. The number of nitro benzene ring substituents is 1. The third-order valence-electron chi connectivity index (χ3n) is 3.29. The molecule has 2 rings (SSSR count). The Morgan fingerprint density at radius 1 is 1.50 bits per heavy atom. The molecule has 5 heteroatoms. The Morgan fingerprint density at radius 2 is 2.22 bits per heavy atom. The van der Waals surface area contributed by atoms with Crippen LogP contribution >= 0.6 is 0 Å². The van der Waals surface area contributed by atoms with Crippen LogP contribution < -0.4 is 10.6 Å². The first-order valence-electron chi connectivity index (χ1n) is 6.39. The van der Waals surface area contributed by atoms with E-state index in [-0.39, 0.29) is 10.6 Å². The molecule has 1 aromatic carbocycles. The van der Waals surface area contributed by atoms with Crippen LogP contribution in [-0.4, -0.2) is 23.6 Å². The zero-order valence-electron chi connectivity index (χ0n) is 10.6. The number of nitrogens with one attached hydrogen (secondary N) is 2. The monoisotopic (exact) mass is 249 g/mol. The molecule has 5 nitrogen and oxygen atoms in total. The summed E-state index contributed by atoms with van der Waals surface area (Å²) < 4.78 is 0. The highest BCUT2D eigenvalue weighted by Gasteiger charge is 2.16. The number of nitrogens with zero attached hydrogens (tertiary/aromatic N) is 1. The topological polar surface area (TPSA) is 67.2 Å². The van der Waals surface area contributed by atoms with Gasteiger partial charge in [-0.1, -0.05) is 0 Å². The van der Waals surface area contributed by atoms with Crippen molar-refractivity contribution in [2.45, 2.75) is 38.3 Å². The van der Waals surface area contributed by atoms with Crippen molar-refractivity contribution in [2.24, 2.45) is 0 Å². The van der Waals surface area contributed by atoms with Crippen LogP contribution in [0.5, 0.6) is 0 Å². The van der Waals surface area contributed by atoms with Gasteiger partial charge in [-0.25, -0.2) is 0 Å². The van der Waals surface area contributed by atoms with E-state index in [1.165, 1.54) is 25.0 Å². The number of non-ortho nitro benzene ring substituents is 1. The van der Waals surface area contributed by atoms with E-state index in [0.29, 0.717) is 12.1 Å². The van der Waals surface area contributed by atoms with Crippen LogP contribution in [0.2, 0.25) is 0 Å². The lowest BCUT2D eigenvalue weighted by Crippen LogP contribution is -2.29. The molecule has 0 aromatic heterocycles. The molecule has 1 heterocycles. The number of rotatable bonds is 5. The fourth-order valence-corrected chi connectivity index (χ4v) is 2.41. The van der Waals surface area contributed by atoms with Crippen LogP contribution in [0.1, 0.15) is 26.2 Å². The number of hydrogen-bond acceptors (Lipinski definition) is 4. The molecule has 98 valence electrons. The van der Waals surface area contributed by atoms with Gasteiger partial charge in [0.05, 0.1) is 4.92 Å². The summed E-state index contributed by atoms with van der Waals surface area (Å²) in [5.74, 6) is 0. The van der Waals surface area contributed by atoms with Gasteiger partial charge in [0, 0.05) is 29.9 Å². The summed E-state index contributed by atoms with van der Waals surface area (Å²) in [5.41, 5.74) is 1.07. The summed E-state index contributed by atoms with van der Waals surface area (Å²) in [5, 5.41) is 17.4. The van der Waals surface area contributed by atoms with Gasteiger partial charge >= 0.3 is 0 Å². The van der Waals surface area contributed by atoms with Gasteiger partial charge in [-0.15, -0.1) is 0 Å². The van der Waals surface area contributed by atoms with Crippen molar-refractivity contribution in [1.29, 1.82) is 0 Å². The van der Waals surface area contributed by atoms with Gasteiger partial charge < -0.3 is 10.6 Å². The smallest absolute Gasteiger partial charge is 0.269 e. The maximum absolute atomic E-state index is 10.5. The summed E-state index contributed by atoms with van der Waals surface area (Å²) in [7, 11) is 0. The Morgan fingerprint density at radius 3 is 2.78 bits per heavy atom. The molecular weight excluding hydrogens is 230 g/mol. The maximum atomic E-state index is 10.5. The predicted molar refractivity (Wildman–Crippen MR) is 71.8 cm³/mol. The minimum Gasteiger partial charge on any atom is -0.383 e. The molecule has 0 aliphatic carbocycles. The van der Waals surface area contributed by atoms with Gasteiger partial charge in [0.15, 0.2) is 0 Å². The summed E-state index contributed by atoms with van der Waals surface area (Å²) in [4.78, 5) is 10.2. The van der Waals surface area contributed by atoms with E-state index in [0.717, 1.165) is 18.7 Å². The Bertz CT molecular complexity index is 399. The van der Waals surface area contributed by atoms with Gasteiger partial charge in [0.25, 0.3) is 5.69 Å². The highest BCUT2D eigenvalue weighted by atomic mass is 16.6. The standard InChI is InChI=1S/C13H19N3O2/c1-10(9-12-3-2-8-14-12)15-11-4-6-13(7-5-11)16(17)18/h4-7,10,12,14-15H,2-3,8-9H2,1H3. The molecule has 2 N–H and O–H groups in total. The van der Waals surface area contributed by atoms with Gasteiger partial charge in [-0.3, -0.25) is 10.1 Å². The van der Waals surface area contributed by atoms with Crippen LogP contribution in [0.3, 0.4) is 0 Å². The van der Waals surface area contributed by atoms with Crippen LogP contribution in [0, 0.1) is 10.1 Å². The third-order valence-corrected chi connectivity index (χ3v) is 3.29. The average molecular weight is 249 g/mol. The van der Waals surface area contributed by atoms with Crippen LogP contribution in [0.25, 0.3) is 0 Å². The van der Waals surface area contributed by atoms with E-state index >= 15 is 0 Å². The van der Waals surface area contributed by atoms with Crippen molar-refractivity contribution in [2.75, 3.05) is 11.9 Å². The molecule has 0 bridgehead atoms. The van der Waals surface area contributed by atoms with Crippen LogP contribution in [0.15, 0.2) is 24.3 Å². The fraction of sp³-hybridized carbons (Fsp3) is 0.538. The van der Waals surface area contributed by atoms with Crippen molar-refractivity contribution in [1.82, 2.24) is 5.32 Å². The zero-order valence-corrected chi connectivity index (χ0v) is 10.6. The lowest BCUT2D eigenvalue weighted by Gasteiger charge is -2.19. The Hall–Kier alpha value is -1.62. The molecule has 18 heavy (non-hydrogen) atoms. The summed E-state index contributed by atoms with van der Waals surface area (Å²) in [6, 6.07) is 7.55. The van der Waals surface area contributed by atoms with Crippen molar-refractivity contribution in [3.63, 3.8) is 0 Å². The Labute approximate surface area is 107 Å². The van der Waals surface area contributed by atoms with E-state index < -0.39 is 0 Å². The number of nitro groups is 1. The normalized spacial score (nSPS) is 20.6. The highest BCUT2D eigenvalue weighted by molar-refractivity contribution is 5.49. The van der Waals surface area contributed by atoms with E-state index in [1.54, 1.807) is 12.1 Å². The van der Waals surface area contributed by atoms with Crippen molar-refractivity contribution in [3.8, 4) is 0 Å². The highest BCUT2D eigenvalue weighted by Crippen LogP contribution is 2.18. The van der Waals surface area contributed by atoms with Gasteiger partial charge in [0.2, 0.25) is 0 Å². The van der Waals surface area contributed by atoms with Crippen LogP contribution in [-0.2, 0) is 0 Å². The first-order chi connectivity index (χ1) is 8.65. The zero-order chi connectivity index (χ0) is 13.0. The number of hydrogen-bond donors (Lipinski definition) is 2. The molecule has 1 saturated heterocycles.